The average molecular weight is 558 g/mol. The molecule has 0 bridgehead atoms. The lowest BCUT2D eigenvalue weighted by molar-refractivity contribution is -0.147. The van der Waals surface area contributed by atoms with Crippen molar-refractivity contribution in [2.75, 3.05) is 19.8 Å². The van der Waals surface area contributed by atoms with Gasteiger partial charge in [0, 0.05) is 17.7 Å². The first-order valence-electron chi connectivity index (χ1n) is 13.1. The number of ether oxygens (including phenoxy) is 3. The lowest BCUT2D eigenvalue weighted by Gasteiger charge is -2.14. The highest BCUT2D eigenvalue weighted by atomic mass is 16.6. The molecule has 0 radical (unpaired) electrons. The SMILES string of the molecule is CC(C)COC(=O)COc1ccc(C(=O)CN2Cc3cc(C=NNC(=O)OCc4ccccc4)ccc3C2=O)cc1. The number of esters is 1. The van der Waals surface area contributed by atoms with Crippen LogP contribution in [0.5, 0.6) is 5.75 Å². The normalized spacial score (nSPS) is 12.4. The Bertz CT molecular complexity index is 1420. The summed E-state index contributed by atoms with van der Waals surface area (Å²) in [5.74, 6) is -0.257. The van der Waals surface area contributed by atoms with Crippen LogP contribution in [0.2, 0.25) is 0 Å². The maximum absolute atomic E-state index is 12.9. The molecule has 0 fully saturated rings. The Hall–Kier alpha value is -4.99. The first-order valence-corrected chi connectivity index (χ1v) is 13.1. The van der Waals surface area contributed by atoms with Crippen LogP contribution in [0.4, 0.5) is 4.79 Å². The van der Waals surface area contributed by atoms with Crippen LogP contribution in [0.1, 0.15) is 51.3 Å². The lowest BCUT2D eigenvalue weighted by Crippen LogP contribution is -2.30. The van der Waals surface area contributed by atoms with Gasteiger partial charge in [0.15, 0.2) is 12.4 Å². The molecule has 0 saturated carbocycles. The number of hydrogen-bond donors (Lipinski definition) is 1. The Kier molecular flexibility index (Phi) is 9.82. The Morgan fingerprint density at radius 2 is 1.76 bits per heavy atom. The van der Waals surface area contributed by atoms with E-state index in [1.165, 1.54) is 11.1 Å². The number of hydrazone groups is 1. The van der Waals surface area contributed by atoms with Gasteiger partial charge in [0.25, 0.3) is 5.91 Å². The molecule has 10 nitrogen and oxygen atoms in total. The van der Waals surface area contributed by atoms with Crippen molar-refractivity contribution in [2.24, 2.45) is 11.0 Å². The number of ketones is 1. The molecular formula is C31H31N3O7. The fourth-order valence-corrected chi connectivity index (χ4v) is 3.97. The summed E-state index contributed by atoms with van der Waals surface area (Å²) >= 11 is 0. The number of nitrogens with one attached hydrogen (secondary N) is 1. The second kappa shape index (κ2) is 13.9. The van der Waals surface area contributed by atoms with E-state index in [0.717, 1.165) is 11.1 Å². The monoisotopic (exact) mass is 557 g/mol. The molecule has 2 amide bonds. The van der Waals surface area contributed by atoms with E-state index >= 15 is 0 Å². The summed E-state index contributed by atoms with van der Waals surface area (Å²) in [4.78, 5) is 50.8. The van der Waals surface area contributed by atoms with Gasteiger partial charge >= 0.3 is 12.1 Å². The van der Waals surface area contributed by atoms with Gasteiger partial charge in [0.1, 0.15) is 12.4 Å². The van der Waals surface area contributed by atoms with Gasteiger partial charge in [-0.05, 0) is 59.0 Å². The molecule has 1 N–H and O–H groups in total. The Morgan fingerprint density at radius 1 is 1.00 bits per heavy atom. The van der Waals surface area contributed by atoms with Crippen molar-refractivity contribution in [3.63, 3.8) is 0 Å². The molecule has 41 heavy (non-hydrogen) atoms. The topological polar surface area (TPSA) is 124 Å². The molecule has 0 unspecified atom stereocenters. The predicted molar refractivity (Wildman–Crippen MR) is 151 cm³/mol. The molecule has 0 spiro atoms. The predicted octanol–water partition coefficient (Wildman–Crippen LogP) is 4.36. The van der Waals surface area contributed by atoms with E-state index in [1.807, 2.05) is 44.2 Å². The van der Waals surface area contributed by atoms with Gasteiger partial charge in [0.2, 0.25) is 0 Å². The molecule has 0 aliphatic carbocycles. The molecule has 0 atom stereocenters. The molecule has 10 heteroatoms. The summed E-state index contributed by atoms with van der Waals surface area (Å²) in [6, 6.07) is 20.8. The highest BCUT2D eigenvalue weighted by Gasteiger charge is 2.29. The van der Waals surface area contributed by atoms with E-state index in [4.69, 9.17) is 14.2 Å². The fraction of sp³-hybridized carbons (Fsp3) is 0.258. The highest BCUT2D eigenvalue weighted by molar-refractivity contribution is 6.04. The minimum Gasteiger partial charge on any atom is -0.482 e. The molecule has 1 aliphatic rings. The van der Waals surface area contributed by atoms with E-state index in [1.54, 1.807) is 42.5 Å². The molecule has 4 rings (SSSR count). The number of rotatable bonds is 12. The number of hydrogen-bond acceptors (Lipinski definition) is 8. The lowest BCUT2D eigenvalue weighted by atomic mass is 10.1. The Morgan fingerprint density at radius 3 is 2.49 bits per heavy atom. The van der Waals surface area contributed by atoms with Crippen molar-refractivity contribution in [1.29, 1.82) is 0 Å². The van der Waals surface area contributed by atoms with Crippen LogP contribution in [0, 0.1) is 5.92 Å². The van der Waals surface area contributed by atoms with E-state index in [-0.39, 0.29) is 43.9 Å². The molecular weight excluding hydrogens is 526 g/mol. The summed E-state index contributed by atoms with van der Waals surface area (Å²) in [5.41, 5.74) is 5.54. The largest absolute Gasteiger partial charge is 0.482 e. The van der Waals surface area contributed by atoms with Gasteiger partial charge in [0.05, 0.1) is 19.4 Å². The van der Waals surface area contributed by atoms with Gasteiger partial charge in [-0.1, -0.05) is 50.2 Å². The zero-order valence-corrected chi connectivity index (χ0v) is 22.9. The van der Waals surface area contributed by atoms with Gasteiger partial charge in [-0.3, -0.25) is 9.59 Å². The number of carbonyl (C=O) groups is 4. The highest BCUT2D eigenvalue weighted by Crippen LogP contribution is 2.24. The van der Waals surface area contributed by atoms with Gasteiger partial charge in [-0.25, -0.2) is 15.0 Å². The van der Waals surface area contributed by atoms with Crippen molar-refractivity contribution >= 4 is 30.0 Å². The van der Waals surface area contributed by atoms with Gasteiger partial charge in [-0.15, -0.1) is 0 Å². The minimum absolute atomic E-state index is 0.0898. The molecule has 0 aromatic heterocycles. The van der Waals surface area contributed by atoms with Crippen LogP contribution < -0.4 is 10.2 Å². The molecule has 1 aliphatic heterocycles. The standard InChI is InChI=1S/C31H31N3O7/c1-21(2)18-40-29(36)20-39-26-11-9-24(10-12-26)28(35)17-34-16-25-14-23(8-13-27(25)30(34)37)15-32-33-31(38)41-19-22-6-4-3-5-7-22/h3-15,21H,16-20H2,1-2H3,(H,33,38). The van der Waals surface area contributed by atoms with Crippen molar-refractivity contribution in [3.05, 3.63) is 101 Å². The van der Waals surface area contributed by atoms with Crippen molar-refractivity contribution in [3.8, 4) is 5.75 Å². The molecule has 0 saturated heterocycles. The quantitative estimate of drug-likeness (QED) is 0.152. The maximum atomic E-state index is 12.9. The van der Waals surface area contributed by atoms with Gasteiger partial charge in [-0.2, -0.15) is 5.10 Å². The molecule has 1 heterocycles. The minimum atomic E-state index is -0.685. The van der Waals surface area contributed by atoms with Crippen LogP contribution in [0.25, 0.3) is 0 Å². The van der Waals surface area contributed by atoms with Crippen molar-refractivity contribution in [2.45, 2.75) is 27.0 Å². The summed E-state index contributed by atoms with van der Waals surface area (Å²) in [6.45, 7) is 4.30. The summed E-state index contributed by atoms with van der Waals surface area (Å²) in [6.07, 6.45) is 0.769. The Balaban J connectivity index is 1.25. The van der Waals surface area contributed by atoms with E-state index in [0.29, 0.717) is 29.0 Å². The van der Waals surface area contributed by atoms with Gasteiger partial charge < -0.3 is 19.1 Å². The second-order valence-corrected chi connectivity index (χ2v) is 9.82. The third-order valence-corrected chi connectivity index (χ3v) is 6.04. The third-order valence-electron chi connectivity index (χ3n) is 6.04. The number of Topliss-reactive ketones (excluding diaryl/α,β-unsaturated/α-hetero) is 1. The Labute approximate surface area is 237 Å². The number of carbonyl (C=O) groups excluding carboxylic acids is 4. The fourth-order valence-electron chi connectivity index (χ4n) is 3.97. The van der Waals surface area contributed by atoms with Crippen LogP contribution in [-0.2, 0) is 27.4 Å². The average Bonchev–Trinajstić information content (AvgIpc) is 3.28. The third kappa shape index (κ3) is 8.50. The zero-order valence-electron chi connectivity index (χ0n) is 22.9. The van der Waals surface area contributed by atoms with Crippen LogP contribution in [0.15, 0.2) is 77.9 Å². The number of amides is 2. The van der Waals surface area contributed by atoms with E-state index < -0.39 is 12.1 Å². The number of nitrogens with zero attached hydrogens (tertiary/aromatic N) is 2. The summed E-state index contributed by atoms with van der Waals surface area (Å²) < 4.78 is 15.6. The smallest absolute Gasteiger partial charge is 0.428 e. The van der Waals surface area contributed by atoms with Crippen molar-refractivity contribution < 1.29 is 33.4 Å². The second-order valence-electron chi connectivity index (χ2n) is 9.82. The van der Waals surface area contributed by atoms with Crippen LogP contribution in [0.3, 0.4) is 0 Å². The van der Waals surface area contributed by atoms with E-state index in [2.05, 4.69) is 10.5 Å². The summed E-state index contributed by atoms with van der Waals surface area (Å²) in [5, 5.41) is 3.91. The molecule has 3 aromatic carbocycles. The molecule has 3 aromatic rings. The number of benzene rings is 3. The first-order chi connectivity index (χ1) is 19.8. The van der Waals surface area contributed by atoms with Crippen molar-refractivity contribution in [1.82, 2.24) is 10.3 Å². The number of fused-ring (bicyclic) bond motifs is 1. The molecule has 212 valence electrons. The summed E-state index contributed by atoms with van der Waals surface area (Å²) in [7, 11) is 0. The van der Waals surface area contributed by atoms with E-state index in [9.17, 15) is 19.2 Å². The van der Waals surface area contributed by atoms with Crippen LogP contribution in [-0.4, -0.2) is 54.6 Å². The zero-order chi connectivity index (χ0) is 29.2. The van der Waals surface area contributed by atoms with Crippen LogP contribution >= 0.6 is 0 Å². The maximum Gasteiger partial charge on any atom is 0.428 e. The first kappa shape index (κ1) is 29.0.